The van der Waals surface area contributed by atoms with Crippen molar-refractivity contribution in [3.63, 3.8) is 0 Å². The lowest BCUT2D eigenvalue weighted by Gasteiger charge is -2.32. The van der Waals surface area contributed by atoms with E-state index in [2.05, 4.69) is 138 Å². The number of halogens is 1. The van der Waals surface area contributed by atoms with Crippen LogP contribution in [0, 0.1) is 37.0 Å². The number of hydrogen-bond acceptors (Lipinski definition) is 19. The SMILES string of the molecule is Brc1cscn1.CCOC(=O)C(OC(C)(C)C)c1c(C)sc(-c2cscn2)c1C1=CCC(C)(C)CC1.CCOC(=O)C(OC(C)(C)C)c1c(C)sc(B2OC(C)(C)C(C)(C)O2)c1C1=CCC(C)(C)CC1.Cc1sc(-c2cscn2)c(C2=CCC(C)(C)CC2)c1C(OC(C)(C)C)C(=O)O. The summed E-state index contributed by atoms with van der Waals surface area (Å²) in [6.45, 7) is 50.0. The van der Waals surface area contributed by atoms with Gasteiger partial charge in [-0.1, -0.05) is 59.8 Å². The molecule has 98 heavy (non-hydrogen) atoms. The Morgan fingerprint density at radius 2 is 0.867 bits per heavy atom. The Labute approximate surface area is 617 Å². The minimum atomic E-state index is -0.991. The van der Waals surface area contributed by atoms with Crippen molar-refractivity contribution in [2.75, 3.05) is 13.2 Å². The number of aromatic nitrogens is 3. The number of carboxylic acids is 1. The van der Waals surface area contributed by atoms with Crippen molar-refractivity contribution >= 4 is 130 Å². The Kier molecular flexibility index (Phi) is 27.2. The third-order valence-electron chi connectivity index (χ3n) is 17.9. The van der Waals surface area contributed by atoms with E-state index in [1.165, 1.54) is 16.7 Å². The summed E-state index contributed by atoms with van der Waals surface area (Å²) in [7, 11) is -0.495. The molecule has 1 saturated heterocycles. The predicted molar refractivity (Wildman–Crippen MR) is 413 cm³/mol. The minimum Gasteiger partial charge on any atom is -0.479 e. The first-order valence-electron chi connectivity index (χ1n) is 34.1. The van der Waals surface area contributed by atoms with Crippen molar-refractivity contribution in [2.45, 2.75) is 270 Å². The van der Waals surface area contributed by atoms with Gasteiger partial charge in [0.25, 0.3) is 0 Å². The van der Waals surface area contributed by atoms with Crippen LogP contribution in [0.15, 0.2) is 55.5 Å². The monoisotopic (exact) mass is 1520 g/mol. The van der Waals surface area contributed by atoms with Crippen molar-refractivity contribution < 1.29 is 52.5 Å². The molecule has 6 aromatic heterocycles. The van der Waals surface area contributed by atoms with Gasteiger partial charge in [0.2, 0.25) is 0 Å². The molecular formula is C76H107BBrN3O11S6. The lowest BCUT2D eigenvalue weighted by molar-refractivity contribution is -0.167. The van der Waals surface area contributed by atoms with Crippen LogP contribution in [0.3, 0.4) is 0 Å². The molecule has 1 aliphatic heterocycles. The van der Waals surface area contributed by atoms with Gasteiger partial charge >= 0.3 is 25.0 Å². The van der Waals surface area contributed by atoms with Crippen molar-refractivity contribution in [1.82, 2.24) is 15.0 Å². The number of thiazole rings is 3. The van der Waals surface area contributed by atoms with Gasteiger partial charge in [-0.15, -0.1) is 68.0 Å². The summed E-state index contributed by atoms with van der Waals surface area (Å²) in [5, 5.41) is 16.1. The number of aryl methyl sites for hydroxylation is 3. The van der Waals surface area contributed by atoms with E-state index in [4.69, 9.17) is 33.0 Å². The zero-order valence-electron chi connectivity index (χ0n) is 62.5. The number of thiophene rings is 3. The topological polar surface area (TPSA) is 175 Å². The standard InChI is InChI=1S/C27H43BO5S.C24H33NO3S2.C22H29NO3S2.C3H2BrNS/c1-12-30-23(29)21(31-24(3,4)5)19-17(2)34-22(28-32-26(8,9)27(10,11)33-28)20(19)18-13-15-25(6,7)16-14-18;1-8-27-22(26)20(28-23(3,4)5)18-15(2)30-21(17-13-29-14-25-17)19(18)16-9-11-24(6,7)12-10-16;1-13-16(18(20(24)25)26-21(2,3)4)17(14-7-9-22(5,6)10-8-14)19(28-13)15-11-27-12-23-15;4-3-1-6-2-5-3/h13,21H,12,14-16H2,1-11H3;9,13-14,20H,8,10-12H2,1-7H3;7,11-12,18H,8-10H2,1-6H3,(H,24,25);1-2H. The van der Waals surface area contributed by atoms with Gasteiger partial charge in [-0.25, -0.2) is 29.3 Å². The van der Waals surface area contributed by atoms with E-state index in [1.807, 2.05) is 105 Å². The molecule has 14 nitrogen and oxygen atoms in total. The molecule has 1 fully saturated rings. The molecule has 538 valence electrons. The molecule has 0 radical (unpaired) electrons. The van der Waals surface area contributed by atoms with Crippen molar-refractivity contribution in [2.24, 2.45) is 16.2 Å². The van der Waals surface area contributed by atoms with Crippen LogP contribution >= 0.6 is 84.0 Å². The number of esters is 2. The molecule has 0 amide bonds. The van der Waals surface area contributed by atoms with Crippen LogP contribution in [0.2, 0.25) is 0 Å². The molecule has 3 unspecified atom stereocenters. The smallest absolute Gasteiger partial charge is 0.479 e. The van der Waals surface area contributed by atoms with E-state index in [1.54, 1.807) is 73.5 Å². The highest BCUT2D eigenvalue weighted by atomic mass is 79.9. The number of aliphatic carboxylic acids is 1. The average Bonchev–Trinajstić information content (AvgIpc) is 1.60. The Balaban J connectivity index is 0.000000198. The summed E-state index contributed by atoms with van der Waals surface area (Å²) in [4.78, 5) is 56.7. The van der Waals surface area contributed by atoms with Gasteiger partial charge in [0.1, 0.15) is 4.60 Å². The molecule has 22 heteroatoms. The van der Waals surface area contributed by atoms with Gasteiger partial charge in [-0.05, 0) is 237 Å². The van der Waals surface area contributed by atoms with Crippen LogP contribution in [0.25, 0.3) is 37.9 Å². The number of carboxylic acid groups (broad SMARTS) is 1. The molecule has 3 aliphatic carbocycles. The second-order valence-corrected chi connectivity index (χ2v) is 38.7. The highest BCUT2D eigenvalue weighted by Crippen LogP contribution is 2.52. The lowest BCUT2D eigenvalue weighted by atomic mass is 9.73. The predicted octanol–water partition coefficient (Wildman–Crippen LogP) is 22.2. The molecule has 3 atom stereocenters. The summed E-state index contributed by atoms with van der Waals surface area (Å²) in [5.74, 6) is -1.62. The second kappa shape index (κ2) is 32.7. The number of allylic oxidation sites excluding steroid dienone is 6. The van der Waals surface area contributed by atoms with Gasteiger partial charge in [0.05, 0.1) is 78.9 Å². The van der Waals surface area contributed by atoms with Crippen LogP contribution < -0.4 is 4.78 Å². The third-order valence-corrected chi connectivity index (χ3v) is 23.9. The zero-order chi connectivity index (χ0) is 72.9. The average molecular weight is 1520 g/mol. The quantitative estimate of drug-likeness (QED) is 0.0674. The van der Waals surface area contributed by atoms with E-state index in [-0.39, 0.29) is 22.8 Å². The Bertz CT molecular complexity index is 3760. The van der Waals surface area contributed by atoms with Crippen LogP contribution in [0.4, 0.5) is 0 Å². The fourth-order valence-corrected chi connectivity index (χ4v) is 17.8. The number of rotatable bonds is 17. The van der Waals surface area contributed by atoms with E-state index < -0.39 is 59.4 Å². The maximum atomic E-state index is 13.2. The number of carbonyl (C=O) groups excluding carboxylic acids is 2. The molecule has 10 rings (SSSR count). The molecule has 0 aromatic carbocycles. The number of ether oxygens (including phenoxy) is 5. The molecule has 0 saturated carbocycles. The van der Waals surface area contributed by atoms with Gasteiger partial charge in [0, 0.05) is 63.4 Å². The second-order valence-electron chi connectivity index (χ2n) is 32.0. The van der Waals surface area contributed by atoms with Gasteiger partial charge < -0.3 is 38.1 Å². The fraction of sp³-hybridized carbons (Fsp3) is 0.605. The van der Waals surface area contributed by atoms with Gasteiger partial charge in [0.15, 0.2) is 18.3 Å². The normalized spacial score (nSPS) is 18.8. The molecule has 4 aliphatic rings. The Hall–Kier alpha value is -4.04. The summed E-state index contributed by atoms with van der Waals surface area (Å²) < 4.78 is 44.6. The van der Waals surface area contributed by atoms with Crippen molar-refractivity contribution in [3.05, 3.63) is 104 Å². The van der Waals surface area contributed by atoms with Gasteiger partial charge in [-0.2, -0.15) is 0 Å². The van der Waals surface area contributed by atoms with Crippen LogP contribution in [-0.4, -0.2) is 86.3 Å². The highest BCUT2D eigenvalue weighted by molar-refractivity contribution is 9.10. The van der Waals surface area contributed by atoms with E-state index >= 15 is 0 Å². The highest BCUT2D eigenvalue weighted by Gasteiger charge is 2.54. The van der Waals surface area contributed by atoms with E-state index in [0.29, 0.717) is 18.6 Å². The van der Waals surface area contributed by atoms with E-state index in [0.717, 1.165) is 136 Å². The van der Waals surface area contributed by atoms with Crippen LogP contribution in [-0.2, 0) is 47.4 Å². The largest absolute Gasteiger partial charge is 0.506 e. The Morgan fingerprint density at radius 1 is 0.531 bits per heavy atom. The lowest BCUT2D eigenvalue weighted by Crippen LogP contribution is -2.41. The zero-order valence-corrected chi connectivity index (χ0v) is 69.0. The summed E-state index contributed by atoms with van der Waals surface area (Å²) in [6.07, 6.45) is 13.6. The van der Waals surface area contributed by atoms with Gasteiger partial charge in [-0.3, -0.25) is 0 Å². The van der Waals surface area contributed by atoms with Crippen molar-refractivity contribution in [1.29, 1.82) is 0 Å². The molecule has 1 N–H and O–H groups in total. The molecule has 7 heterocycles. The first-order chi connectivity index (χ1) is 45.4. The molecular weight excluding hydrogens is 1410 g/mol. The summed E-state index contributed by atoms with van der Waals surface area (Å²) in [5.41, 5.74) is 15.4. The van der Waals surface area contributed by atoms with Crippen LogP contribution in [0.5, 0.6) is 0 Å². The summed E-state index contributed by atoms with van der Waals surface area (Å²) >= 11 is 12.9. The maximum Gasteiger partial charge on any atom is 0.506 e. The third kappa shape index (κ3) is 21.3. The first kappa shape index (κ1) is 81.3. The van der Waals surface area contributed by atoms with Crippen molar-refractivity contribution in [3.8, 4) is 21.1 Å². The molecule has 6 aromatic rings. The Morgan fingerprint density at radius 3 is 1.16 bits per heavy atom. The number of nitrogens with zero attached hydrogens (tertiary/aromatic N) is 3. The summed E-state index contributed by atoms with van der Waals surface area (Å²) in [6, 6.07) is 0. The maximum absolute atomic E-state index is 13.2. The number of carbonyl (C=O) groups is 3. The minimum absolute atomic E-state index is 0.266. The van der Waals surface area contributed by atoms with Crippen LogP contribution in [0.1, 0.15) is 270 Å². The molecule has 0 spiro atoms. The first-order valence-corrected chi connectivity index (χ1v) is 40.2. The molecule has 0 bridgehead atoms. The fourth-order valence-electron chi connectivity index (χ4n) is 12.0. The number of hydrogen-bond donors (Lipinski definition) is 1. The van der Waals surface area contributed by atoms with E-state index in [9.17, 15) is 19.5 Å².